The molecule has 2 aliphatic rings. The Bertz CT molecular complexity index is 712. The third-order valence-corrected chi connectivity index (χ3v) is 4.43. The van der Waals surface area contributed by atoms with E-state index in [1.807, 2.05) is 0 Å². The van der Waals surface area contributed by atoms with Gasteiger partial charge in [0.15, 0.2) is 0 Å². The molecule has 10 nitrogen and oxygen atoms in total. The molecule has 1 aromatic rings. The van der Waals surface area contributed by atoms with Gasteiger partial charge in [-0.25, -0.2) is 4.79 Å². The van der Waals surface area contributed by atoms with Crippen LogP contribution in [0.2, 0.25) is 0 Å². The molecule has 3 unspecified atom stereocenters. The van der Waals surface area contributed by atoms with Crippen LogP contribution in [0.25, 0.3) is 0 Å². The van der Waals surface area contributed by atoms with Gasteiger partial charge in [-0.15, -0.1) is 0 Å². The number of carbonyl (C=O) groups is 1. The lowest BCUT2D eigenvalue weighted by molar-refractivity contribution is -0.394. The molecule has 2 bridgehead atoms. The Balaban J connectivity index is 0.000000208. The van der Waals surface area contributed by atoms with Crippen LogP contribution < -0.4 is 5.73 Å². The number of nitrogens with two attached hydrogens (primary N) is 1. The van der Waals surface area contributed by atoms with Crippen LogP contribution in [0.4, 0.5) is 11.4 Å². The van der Waals surface area contributed by atoms with Crippen LogP contribution in [0.1, 0.15) is 23.2 Å². The Morgan fingerprint density at radius 1 is 1.20 bits per heavy atom. The van der Waals surface area contributed by atoms with E-state index in [-0.39, 0.29) is 0 Å². The minimum Gasteiger partial charge on any atom is -0.501 e. The van der Waals surface area contributed by atoms with E-state index in [0.29, 0.717) is 12.1 Å². The zero-order valence-electron chi connectivity index (χ0n) is 13.1. The van der Waals surface area contributed by atoms with Crippen LogP contribution in [0, 0.1) is 38.0 Å². The van der Waals surface area contributed by atoms with Crippen molar-refractivity contribution in [2.75, 3.05) is 6.54 Å². The summed E-state index contributed by atoms with van der Waals surface area (Å²) in [6.45, 7) is 0.894. The van der Waals surface area contributed by atoms with Crippen molar-refractivity contribution in [2.45, 2.75) is 12.8 Å². The van der Waals surface area contributed by atoms with Crippen molar-refractivity contribution in [3.8, 4) is 5.75 Å². The van der Waals surface area contributed by atoms with Crippen molar-refractivity contribution in [1.29, 1.82) is 0 Å². The number of fused-ring (bicyclic) bond motifs is 2. The topological polar surface area (TPSA) is 170 Å². The summed E-state index contributed by atoms with van der Waals surface area (Å²) in [6.07, 6.45) is 7.46. The number of benzene rings is 1. The molecule has 3 atom stereocenters. The summed E-state index contributed by atoms with van der Waals surface area (Å²) in [5, 5.41) is 38.5. The van der Waals surface area contributed by atoms with Gasteiger partial charge < -0.3 is 15.9 Å². The molecule has 0 radical (unpaired) electrons. The van der Waals surface area contributed by atoms with Gasteiger partial charge in [-0.3, -0.25) is 20.2 Å². The Labute approximate surface area is 141 Å². The lowest BCUT2D eigenvalue weighted by Gasteiger charge is -2.14. The Morgan fingerprint density at radius 3 is 2.24 bits per heavy atom. The first kappa shape index (κ1) is 18.3. The molecule has 1 fully saturated rings. The number of non-ortho nitro benzene ring substituents is 1. The zero-order chi connectivity index (χ0) is 18.7. The van der Waals surface area contributed by atoms with Crippen LogP contribution >= 0.6 is 0 Å². The lowest BCUT2D eigenvalue weighted by Crippen LogP contribution is -2.17. The summed E-state index contributed by atoms with van der Waals surface area (Å²) in [7, 11) is 0. The largest absolute Gasteiger partial charge is 0.501 e. The van der Waals surface area contributed by atoms with E-state index in [9.17, 15) is 30.1 Å². The van der Waals surface area contributed by atoms with Gasteiger partial charge in [0.1, 0.15) is 5.56 Å². The predicted octanol–water partition coefficient (Wildman–Crippen LogP) is 2.06. The fraction of sp³-hybridized carbons (Fsp3) is 0.400. The summed E-state index contributed by atoms with van der Waals surface area (Å²) in [4.78, 5) is 29.2. The Hall–Kier alpha value is -3.01. The smallest absolute Gasteiger partial charge is 0.340 e. The second kappa shape index (κ2) is 7.26. The lowest BCUT2D eigenvalue weighted by atomic mass is 9.94. The first-order chi connectivity index (χ1) is 11.7. The van der Waals surface area contributed by atoms with Gasteiger partial charge in [0.25, 0.3) is 5.69 Å². The van der Waals surface area contributed by atoms with Gasteiger partial charge in [-0.1, -0.05) is 12.2 Å². The molecule has 10 heteroatoms. The van der Waals surface area contributed by atoms with Gasteiger partial charge in [0.2, 0.25) is 5.75 Å². The molecule has 4 N–H and O–H groups in total. The molecule has 3 rings (SSSR count). The Kier molecular flexibility index (Phi) is 5.32. The summed E-state index contributed by atoms with van der Waals surface area (Å²) < 4.78 is 0. The maximum atomic E-state index is 10.6. The molecule has 0 spiro atoms. The number of aromatic carboxylic acids is 1. The van der Waals surface area contributed by atoms with Crippen LogP contribution in [-0.2, 0) is 0 Å². The third-order valence-electron chi connectivity index (χ3n) is 4.43. The number of carboxylic acids is 1. The van der Waals surface area contributed by atoms with Crippen molar-refractivity contribution in [3.05, 3.63) is 50.1 Å². The average molecular weight is 351 g/mol. The third kappa shape index (κ3) is 3.91. The number of rotatable bonds is 4. The van der Waals surface area contributed by atoms with Crippen molar-refractivity contribution in [3.63, 3.8) is 0 Å². The molecular formula is C15H17N3O7. The number of carboxylic acid groups (broad SMARTS) is 1. The van der Waals surface area contributed by atoms with Gasteiger partial charge in [-0.2, -0.15) is 0 Å². The zero-order valence-corrected chi connectivity index (χ0v) is 13.1. The molecule has 1 aromatic carbocycles. The van der Waals surface area contributed by atoms with E-state index in [1.54, 1.807) is 0 Å². The fourth-order valence-corrected chi connectivity index (χ4v) is 3.18. The molecule has 0 saturated heterocycles. The van der Waals surface area contributed by atoms with Gasteiger partial charge >= 0.3 is 11.7 Å². The standard InChI is InChI=1S/C8H13N.C7H4N2O7/c9-5-8-4-6-1-2-7(8)3-6;10-6-4(7(11)12)1-3(8(13)14)2-5(6)9(15)16/h1-2,6-8H,3-5,9H2;1-2,10H,(H,11,12). The second-order valence-corrected chi connectivity index (χ2v) is 5.96. The van der Waals surface area contributed by atoms with E-state index in [0.717, 1.165) is 24.3 Å². The van der Waals surface area contributed by atoms with Crippen LogP contribution in [-0.4, -0.2) is 32.6 Å². The molecule has 134 valence electrons. The van der Waals surface area contributed by atoms with Crippen LogP contribution in [0.3, 0.4) is 0 Å². The van der Waals surface area contributed by atoms with E-state index in [2.05, 4.69) is 12.2 Å². The highest BCUT2D eigenvalue weighted by molar-refractivity contribution is 5.93. The highest BCUT2D eigenvalue weighted by Gasteiger charge is 2.34. The molecular weight excluding hydrogens is 334 g/mol. The summed E-state index contributed by atoms with van der Waals surface area (Å²) >= 11 is 0. The minimum atomic E-state index is -1.69. The van der Waals surface area contributed by atoms with Crippen LogP contribution in [0.15, 0.2) is 24.3 Å². The number of nitro benzene ring substituents is 2. The normalized spacial score (nSPS) is 23.0. The SMILES string of the molecule is NCC1CC2C=CC1C2.O=C(O)c1cc([N+](=O)[O-])cc([N+](=O)[O-])c1O. The Morgan fingerprint density at radius 2 is 1.88 bits per heavy atom. The van der Waals surface area contributed by atoms with E-state index >= 15 is 0 Å². The van der Waals surface area contributed by atoms with E-state index in [4.69, 9.17) is 10.8 Å². The van der Waals surface area contributed by atoms with Crippen molar-refractivity contribution in [2.24, 2.45) is 23.5 Å². The van der Waals surface area contributed by atoms with E-state index < -0.39 is 38.5 Å². The fourth-order valence-electron chi connectivity index (χ4n) is 3.18. The van der Waals surface area contributed by atoms with Crippen molar-refractivity contribution in [1.82, 2.24) is 0 Å². The highest BCUT2D eigenvalue weighted by Crippen LogP contribution is 2.42. The maximum Gasteiger partial charge on any atom is 0.340 e. The number of nitro groups is 2. The van der Waals surface area contributed by atoms with Gasteiger partial charge in [0.05, 0.1) is 15.9 Å². The molecule has 25 heavy (non-hydrogen) atoms. The predicted molar refractivity (Wildman–Crippen MR) is 86.3 cm³/mol. The minimum absolute atomic E-state index is 0.488. The maximum absolute atomic E-state index is 10.6. The number of nitrogens with zero attached hydrogens (tertiary/aromatic N) is 2. The summed E-state index contributed by atoms with van der Waals surface area (Å²) in [5.74, 6) is -0.240. The first-order valence-corrected chi connectivity index (χ1v) is 7.52. The molecule has 0 heterocycles. The average Bonchev–Trinajstić information content (AvgIpc) is 3.17. The number of hydrogen-bond donors (Lipinski definition) is 3. The van der Waals surface area contributed by atoms with Crippen LogP contribution in [0.5, 0.6) is 5.75 Å². The molecule has 0 amide bonds. The van der Waals surface area contributed by atoms with Crippen molar-refractivity contribution < 1.29 is 24.9 Å². The molecule has 0 aliphatic heterocycles. The number of allylic oxidation sites excluding steroid dienone is 2. The summed E-state index contributed by atoms with van der Waals surface area (Å²) in [6, 6.07) is 1.03. The number of hydrogen-bond acceptors (Lipinski definition) is 7. The van der Waals surface area contributed by atoms with Gasteiger partial charge in [-0.05, 0) is 37.1 Å². The monoisotopic (exact) mass is 351 g/mol. The molecule has 2 aliphatic carbocycles. The quantitative estimate of drug-likeness (QED) is 0.420. The van der Waals surface area contributed by atoms with E-state index in [1.165, 1.54) is 12.8 Å². The number of aromatic hydroxyl groups is 1. The first-order valence-electron chi connectivity index (χ1n) is 7.52. The second-order valence-electron chi connectivity index (χ2n) is 5.96. The molecule has 0 aromatic heterocycles. The highest BCUT2D eigenvalue weighted by atomic mass is 16.6. The van der Waals surface area contributed by atoms with Crippen molar-refractivity contribution >= 4 is 17.3 Å². The summed E-state index contributed by atoms with van der Waals surface area (Å²) in [5.41, 5.74) is 2.90. The molecule has 1 saturated carbocycles. The number of phenols is 1. The van der Waals surface area contributed by atoms with Gasteiger partial charge in [0, 0.05) is 6.07 Å².